The number of anilines is 1. The highest BCUT2D eigenvalue weighted by Gasteiger charge is 2.20. The molecule has 1 aromatic carbocycles. The van der Waals surface area contributed by atoms with E-state index < -0.39 is 0 Å². The van der Waals surface area contributed by atoms with Crippen LogP contribution in [0.25, 0.3) is 22.5 Å². The normalized spacial score (nSPS) is 16.3. The minimum atomic E-state index is 0.109. The molecule has 158 valence electrons. The first-order valence-electron chi connectivity index (χ1n) is 10.4. The van der Waals surface area contributed by atoms with Gasteiger partial charge in [-0.05, 0) is 49.6 Å². The van der Waals surface area contributed by atoms with E-state index in [-0.39, 0.29) is 5.75 Å². The largest absolute Gasteiger partial charge is 0.508 e. The van der Waals surface area contributed by atoms with Crippen LogP contribution in [-0.4, -0.2) is 44.0 Å². The van der Waals surface area contributed by atoms with Gasteiger partial charge in [0, 0.05) is 41.1 Å². The smallest absolute Gasteiger partial charge is 0.223 e. The molecule has 4 rings (SSSR count). The molecule has 0 bridgehead atoms. The third-order valence-corrected chi connectivity index (χ3v) is 5.31. The van der Waals surface area contributed by atoms with Gasteiger partial charge in [-0.1, -0.05) is 25.4 Å². The molecular weight excluding hydrogens is 400 g/mol. The fourth-order valence-electron chi connectivity index (χ4n) is 3.65. The van der Waals surface area contributed by atoms with Crippen molar-refractivity contribution < 1.29 is 5.11 Å². The first-order valence-corrected chi connectivity index (χ1v) is 10.7. The van der Waals surface area contributed by atoms with Crippen LogP contribution < -0.4 is 10.6 Å². The molecule has 3 heterocycles. The molecule has 8 heteroatoms. The van der Waals surface area contributed by atoms with Gasteiger partial charge in [0.15, 0.2) is 0 Å². The van der Waals surface area contributed by atoms with E-state index in [1.165, 1.54) is 12.5 Å². The van der Waals surface area contributed by atoms with Crippen LogP contribution in [0.1, 0.15) is 26.7 Å². The van der Waals surface area contributed by atoms with Crippen LogP contribution in [0.3, 0.4) is 0 Å². The average molecular weight is 427 g/mol. The van der Waals surface area contributed by atoms with E-state index in [4.69, 9.17) is 21.7 Å². The maximum Gasteiger partial charge on any atom is 0.223 e. The molecule has 3 N–H and O–H groups in total. The number of rotatable bonds is 7. The summed E-state index contributed by atoms with van der Waals surface area (Å²) in [5.74, 6) is 1.19. The molecule has 1 aliphatic heterocycles. The van der Waals surface area contributed by atoms with E-state index in [0.29, 0.717) is 22.9 Å². The van der Waals surface area contributed by atoms with Crippen molar-refractivity contribution in [3.8, 4) is 28.3 Å². The molecule has 30 heavy (non-hydrogen) atoms. The summed E-state index contributed by atoms with van der Waals surface area (Å²) in [6.07, 6.45) is 6.09. The summed E-state index contributed by atoms with van der Waals surface area (Å²) in [5, 5.41) is 22.1. The first kappa shape index (κ1) is 20.6. The Morgan fingerprint density at radius 3 is 2.93 bits per heavy atom. The van der Waals surface area contributed by atoms with E-state index in [1.807, 2.05) is 23.0 Å². The Morgan fingerprint density at radius 2 is 2.20 bits per heavy atom. The van der Waals surface area contributed by atoms with Gasteiger partial charge < -0.3 is 15.7 Å². The molecule has 0 radical (unpaired) electrons. The highest BCUT2D eigenvalue weighted by Crippen LogP contribution is 2.34. The van der Waals surface area contributed by atoms with Gasteiger partial charge in [-0.3, -0.25) is 4.68 Å². The van der Waals surface area contributed by atoms with Crippen molar-refractivity contribution in [1.29, 1.82) is 0 Å². The Bertz CT molecular complexity index is 992. The van der Waals surface area contributed by atoms with Gasteiger partial charge in [0.05, 0.1) is 12.2 Å². The summed E-state index contributed by atoms with van der Waals surface area (Å²) in [4.78, 5) is 9.04. The summed E-state index contributed by atoms with van der Waals surface area (Å²) in [5.41, 5.74) is 3.14. The number of benzene rings is 1. The van der Waals surface area contributed by atoms with E-state index >= 15 is 0 Å². The molecule has 1 atom stereocenters. The second-order valence-corrected chi connectivity index (χ2v) is 8.58. The van der Waals surface area contributed by atoms with Gasteiger partial charge in [0.25, 0.3) is 0 Å². The Labute approximate surface area is 181 Å². The second kappa shape index (κ2) is 9.02. The number of hydrogen-bond acceptors (Lipinski definition) is 6. The third kappa shape index (κ3) is 4.91. The number of nitrogens with one attached hydrogen (secondary N) is 2. The number of hydrogen-bond donors (Lipinski definition) is 3. The van der Waals surface area contributed by atoms with Crippen LogP contribution >= 0.6 is 11.6 Å². The lowest BCUT2D eigenvalue weighted by Crippen LogP contribution is -2.26. The van der Waals surface area contributed by atoms with Crippen LogP contribution in [0, 0.1) is 5.92 Å². The number of phenols is 1. The van der Waals surface area contributed by atoms with Gasteiger partial charge in [-0.25, -0.2) is 9.97 Å². The van der Waals surface area contributed by atoms with Crippen LogP contribution in [-0.2, 0) is 6.54 Å². The summed E-state index contributed by atoms with van der Waals surface area (Å²) in [7, 11) is 0. The van der Waals surface area contributed by atoms with Crippen molar-refractivity contribution in [1.82, 2.24) is 25.1 Å². The highest BCUT2D eigenvalue weighted by atomic mass is 35.5. The SMILES string of the molecule is CC(C)CNc1nccc(-c2cn(C[C@H]3CCCN3)nc2-c2cc(O)cc(Cl)c2)n1. The molecule has 0 saturated carbocycles. The predicted octanol–water partition coefficient (Wildman–Crippen LogP) is 4.19. The van der Waals surface area contributed by atoms with Gasteiger partial charge in [0.1, 0.15) is 11.4 Å². The lowest BCUT2D eigenvalue weighted by atomic mass is 10.1. The molecule has 7 nitrogen and oxygen atoms in total. The quantitative estimate of drug-likeness (QED) is 0.525. The topological polar surface area (TPSA) is 87.9 Å². The zero-order valence-corrected chi connectivity index (χ0v) is 18.0. The third-order valence-electron chi connectivity index (χ3n) is 5.09. The van der Waals surface area contributed by atoms with Crippen molar-refractivity contribution in [2.75, 3.05) is 18.4 Å². The maximum absolute atomic E-state index is 10.1. The van der Waals surface area contributed by atoms with E-state index in [9.17, 15) is 5.11 Å². The maximum atomic E-state index is 10.1. The summed E-state index contributed by atoms with van der Waals surface area (Å²) in [6.45, 7) is 6.90. The van der Waals surface area contributed by atoms with Gasteiger partial charge in [0.2, 0.25) is 5.95 Å². The molecule has 1 fully saturated rings. The second-order valence-electron chi connectivity index (χ2n) is 8.15. The Kier molecular flexibility index (Phi) is 6.20. The van der Waals surface area contributed by atoms with Crippen LogP contribution in [0.5, 0.6) is 5.75 Å². The number of aromatic nitrogens is 4. The minimum Gasteiger partial charge on any atom is -0.508 e. The van der Waals surface area contributed by atoms with Crippen LogP contribution in [0.4, 0.5) is 5.95 Å². The minimum absolute atomic E-state index is 0.109. The Balaban J connectivity index is 1.73. The summed E-state index contributed by atoms with van der Waals surface area (Å²) < 4.78 is 1.95. The zero-order valence-electron chi connectivity index (χ0n) is 17.3. The number of halogens is 1. The lowest BCUT2D eigenvalue weighted by Gasteiger charge is -2.09. The molecule has 0 spiro atoms. The summed E-state index contributed by atoms with van der Waals surface area (Å²) >= 11 is 6.20. The predicted molar refractivity (Wildman–Crippen MR) is 120 cm³/mol. The fraction of sp³-hybridized carbons (Fsp3) is 0.409. The van der Waals surface area contributed by atoms with Crippen molar-refractivity contribution in [3.63, 3.8) is 0 Å². The number of phenolic OH excluding ortho intramolecular Hbond substituents is 1. The first-order chi connectivity index (χ1) is 14.5. The van der Waals surface area contributed by atoms with Gasteiger partial charge in [-0.15, -0.1) is 0 Å². The van der Waals surface area contributed by atoms with Crippen molar-refractivity contribution in [3.05, 3.63) is 41.7 Å². The van der Waals surface area contributed by atoms with Crippen LogP contribution in [0.15, 0.2) is 36.7 Å². The van der Waals surface area contributed by atoms with Gasteiger partial charge in [-0.2, -0.15) is 5.10 Å². The van der Waals surface area contributed by atoms with Crippen molar-refractivity contribution in [2.24, 2.45) is 5.92 Å². The van der Waals surface area contributed by atoms with E-state index in [0.717, 1.165) is 48.6 Å². The van der Waals surface area contributed by atoms with E-state index in [2.05, 4.69) is 29.5 Å². The van der Waals surface area contributed by atoms with Crippen molar-refractivity contribution in [2.45, 2.75) is 39.3 Å². The number of nitrogens with zero attached hydrogens (tertiary/aromatic N) is 4. The molecule has 0 aliphatic carbocycles. The highest BCUT2D eigenvalue weighted by molar-refractivity contribution is 6.31. The number of aromatic hydroxyl groups is 1. The van der Waals surface area contributed by atoms with Crippen LogP contribution in [0.2, 0.25) is 5.02 Å². The Hall–Kier alpha value is -2.64. The molecule has 3 aromatic rings. The van der Waals surface area contributed by atoms with E-state index in [1.54, 1.807) is 12.3 Å². The van der Waals surface area contributed by atoms with Crippen molar-refractivity contribution >= 4 is 17.5 Å². The standard InChI is InChI=1S/C22H27ClN6O/c1-14(2)11-26-22-25-7-5-20(27-22)19-13-29(12-17-4-3-6-24-17)28-21(19)15-8-16(23)10-18(30)9-15/h5,7-10,13-14,17,24,30H,3-4,6,11-12H2,1-2H3,(H,25,26,27)/t17-/m1/s1. The summed E-state index contributed by atoms with van der Waals surface area (Å²) in [6, 6.07) is 7.29. The molecule has 0 unspecified atom stereocenters. The van der Waals surface area contributed by atoms with Gasteiger partial charge >= 0.3 is 0 Å². The molecular formula is C22H27ClN6O. The lowest BCUT2D eigenvalue weighted by molar-refractivity contribution is 0.474. The zero-order chi connectivity index (χ0) is 21.1. The molecule has 2 aromatic heterocycles. The Morgan fingerprint density at radius 1 is 1.33 bits per heavy atom. The molecule has 1 aliphatic rings. The molecule has 0 amide bonds. The average Bonchev–Trinajstić information content (AvgIpc) is 3.36. The monoisotopic (exact) mass is 426 g/mol. The molecule has 1 saturated heterocycles. The fourth-order valence-corrected chi connectivity index (χ4v) is 3.88.